The molecule has 1 aromatic heterocycles. The monoisotopic (exact) mass is 311 g/mol. The van der Waals surface area contributed by atoms with E-state index in [2.05, 4.69) is 16.8 Å². The van der Waals surface area contributed by atoms with Crippen molar-refractivity contribution in [3.05, 3.63) is 59.9 Å². The Bertz CT molecular complexity index is 702. The maximum atomic E-state index is 9.55. The molecule has 1 fully saturated rings. The lowest BCUT2D eigenvalue weighted by Gasteiger charge is -2.27. The molecule has 0 radical (unpaired) electrons. The minimum atomic E-state index is 0.0146. The van der Waals surface area contributed by atoms with Crippen LogP contribution in [0.25, 0.3) is 0 Å². The van der Waals surface area contributed by atoms with Gasteiger partial charge in [-0.2, -0.15) is 0 Å². The molecular formula is C17H17N3OS. The molecule has 2 aromatic rings. The van der Waals surface area contributed by atoms with E-state index in [1.165, 1.54) is 5.56 Å². The van der Waals surface area contributed by atoms with Crippen LogP contribution >= 0.6 is 11.8 Å². The number of phenols is 1. The fraction of sp³-hybridized carbons (Fsp3) is 0.294. The van der Waals surface area contributed by atoms with Gasteiger partial charge >= 0.3 is 0 Å². The molecule has 0 spiro atoms. The largest absolute Gasteiger partial charge is 0.508 e. The van der Waals surface area contributed by atoms with Crippen molar-refractivity contribution in [3.63, 3.8) is 0 Å². The van der Waals surface area contributed by atoms with E-state index >= 15 is 0 Å². The number of rotatable bonds is 2. The molecule has 2 aliphatic heterocycles. The van der Waals surface area contributed by atoms with Gasteiger partial charge < -0.3 is 10.0 Å². The normalized spacial score (nSPS) is 26.9. The van der Waals surface area contributed by atoms with Crippen LogP contribution in [0.5, 0.6) is 5.75 Å². The third kappa shape index (κ3) is 2.25. The zero-order chi connectivity index (χ0) is 15.1. The van der Waals surface area contributed by atoms with Crippen LogP contribution in [-0.4, -0.2) is 32.0 Å². The smallest absolute Gasteiger partial charge is 0.160 e. The first-order valence-corrected chi connectivity index (χ1v) is 8.31. The van der Waals surface area contributed by atoms with Crippen molar-refractivity contribution in [2.45, 2.75) is 24.3 Å². The highest BCUT2D eigenvalue weighted by molar-refractivity contribution is 8.14. The lowest BCUT2D eigenvalue weighted by molar-refractivity contribution is 0.321. The molecule has 4 nitrogen and oxygen atoms in total. The van der Waals surface area contributed by atoms with Gasteiger partial charge in [-0.1, -0.05) is 36.9 Å². The van der Waals surface area contributed by atoms with Crippen molar-refractivity contribution in [2.24, 2.45) is 4.99 Å². The van der Waals surface area contributed by atoms with Gasteiger partial charge in [-0.3, -0.25) is 9.98 Å². The second kappa shape index (κ2) is 5.32. The van der Waals surface area contributed by atoms with Gasteiger partial charge in [-0.05, 0) is 29.8 Å². The Hall–Kier alpha value is -2.01. The summed E-state index contributed by atoms with van der Waals surface area (Å²) in [7, 11) is 0. The van der Waals surface area contributed by atoms with Crippen LogP contribution in [0.4, 0.5) is 0 Å². The highest BCUT2D eigenvalue weighted by Gasteiger charge is 2.43. The average Bonchev–Trinajstić information content (AvgIpc) is 3.05. The molecule has 0 amide bonds. The van der Waals surface area contributed by atoms with Gasteiger partial charge in [0.25, 0.3) is 0 Å². The topological polar surface area (TPSA) is 48.7 Å². The standard InChI is InChI=1S/C17H17N3OS/c1-11-10-20-16(12-5-7-13(21)8-6-12)15(19-17(20)22-11)14-4-2-3-9-18-14/h2-9,11,15-16,21H,10H2,1H3/t11-,15-,16-/m1/s1. The molecule has 3 heterocycles. The van der Waals surface area contributed by atoms with E-state index in [1.54, 1.807) is 12.1 Å². The molecule has 0 bridgehead atoms. The van der Waals surface area contributed by atoms with E-state index in [-0.39, 0.29) is 12.1 Å². The van der Waals surface area contributed by atoms with E-state index in [9.17, 15) is 5.11 Å². The first-order valence-electron chi connectivity index (χ1n) is 7.43. The van der Waals surface area contributed by atoms with Gasteiger partial charge in [0.2, 0.25) is 0 Å². The zero-order valence-electron chi connectivity index (χ0n) is 12.3. The number of aromatic nitrogens is 1. The van der Waals surface area contributed by atoms with Crippen LogP contribution in [-0.2, 0) is 0 Å². The van der Waals surface area contributed by atoms with Crippen LogP contribution < -0.4 is 0 Å². The maximum absolute atomic E-state index is 9.55. The van der Waals surface area contributed by atoms with Crippen molar-refractivity contribution >= 4 is 16.9 Å². The van der Waals surface area contributed by atoms with Gasteiger partial charge in [0.15, 0.2) is 5.17 Å². The Morgan fingerprint density at radius 2 is 2.00 bits per heavy atom. The highest BCUT2D eigenvalue weighted by Crippen LogP contribution is 2.47. The fourth-order valence-electron chi connectivity index (χ4n) is 3.15. The van der Waals surface area contributed by atoms with E-state index < -0.39 is 0 Å². The van der Waals surface area contributed by atoms with Crippen LogP contribution in [0.1, 0.15) is 30.3 Å². The predicted molar refractivity (Wildman–Crippen MR) is 89.0 cm³/mol. The molecule has 1 N–H and O–H groups in total. The number of pyridine rings is 1. The van der Waals surface area contributed by atoms with E-state index in [4.69, 9.17) is 4.99 Å². The summed E-state index contributed by atoms with van der Waals surface area (Å²) in [6.45, 7) is 3.23. The summed E-state index contributed by atoms with van der Waals surface area (Å²) in [5, 5.41) is 11.2. The molecular weight excluding hydrogens is 294 g/mol. The third-order valence-electron chi connectivity index (χ3n) is 4.12. The predicted octanol–water partition coefficient (Wildman–Crippen LogP) is 3.38. The molecule has 1 aromatic carbocycles. The minimum Gasteiger partial charge on any atom is -0.508 e. The average molecular weight is 311 g/mol. The minimum absolute atomic E-state index is 0.0146. The molecule has 4 rings (SSSR count). The van der Waals surface area contributed by atoms with Crippen LogP contribution in [0.2, 0.25) is 0 Å². The van der Waals surface area contributed by atoms with Gasteiger partial charge in [-0.25, -0.2) is 0 Å². The van der Waals surface area contributed by atoms with Crippen LogP contribution in [0.15, 0.2) is 53.7 Å². The molecule has 1 saturated heterocycles. The highest BCUT2D eigenvalue weighted by atomic mass is 32.2. The lowest BCUT2D eigenvalue weighted by atomic mass is 9.96. The summed E-state index contributed by atoms with van der Waals surface area (Å²) < 4.78 is 0. The summed E-state index contributed by atoms with van der Waals surface area (Å²) in [5.74, 6) is 0.293. The molecule has 5 heteroatoms. The number of fused-ring (bicyclic) bond motifs is 1. The molecule has 3 atom stereocenters. The SMILES string of the molecule is C[C@@H]1CN2C(=N[C@H](c3ccccn3)[C@H]2c2ccc(O)cc2)S1. The first-order chi connectivity index (χ1) is 10.7. The maximum Gasteiger partial charge on any atom is 0.160 e. The fourth-order valence-corrected chi connectivity index (χ4v) is 4.24. The third-order valence-corrected chi connectivity index (χ3v) is 5.22. The Labute approximate surface area is 133 Å². The Kier molecular flexibility index (Phi) is 3.30. The number of nitrogens with zero attached hydrogens (tertiary/aromatic N) is 3. The lowest BCUT2D eigenvalue weighted by Crippen LogP contribution is -2.28. The van der Waals surface area contributed by atoms with Gasteiger partial charge in [0.05, 0.1) is 11.7 Å². The van der Waals surface area contributed by atoms with Crippen molar-refractivity contribution in [1.82, 2.24) is 9.88 Å². The Balaban J connectivity index is 1.76. The molecule has 0 unspecified atom stereocenters. The van der Waals surface area contributed by atoms with E-state index in [0.717, 1.165) is 17.4 Å². The van der Waals surface area contributed by atoms with Gasteiger partial charge in [-0.15, -0.1) is 0 Å². The number of aliphatic imine (C=N–C) groups is 1. The second-order valence-electron chi connectivity index (χ2n) is 5.73. The second-order valence-corrected chi connectivity index (χ2v) is 7.13. The van der Waals surface area contributed by atoms with E-state index in [0.29, 0.717) is 11.0 Å². The summed E-state index contributed by atoms with van der Waals surface area (Å²) in [4.78, 5) is 11.8. The first kappa shape index (κ1) is 13.6. The van der Waals surface area contributed by atoms with Crippen LogP contribution in [0, 0.1) is 0 Å². The molecule has 22 heavy (non-hydrogen) atoms. The number of phenolic OH excluding ortho intramolecular Hbond substituents is 1. The summed E-state index contributed by atoms with van der Waals surface area (Å²) in [6, 6.07) is 13.6. The van der Waals surface area contributed by atoms with Crippen molar-refractivity contribution in [3.8, 4) is 5.75 Å². The Morgan fingerprint density at radius 1 is 1.18 bits per heavy atom. The number of aromatic hydroxyl groups is 1. The van der Waals surface area contributed by atoms with Gasteiger partial charge in [0, 0.05) is 18.0 Å². The number of benzene rings is 1. The van der Waals surface area contributed by atoms with Crippen molar-refractivity contribution in [2.75, 3.05) is 6.54 Å². The van der Waals surface area contributed by atoms with Crippen molar-refractivity contribution in [1.29, 1.82) is 0 Å². The van der Waals surface area contributed by atoms with E-state index in [1.807, 2.05) is 48.3 Å². The number of hydrogen-bond acceptors (Lipinski definition) is 5. The Morgan fingerprint density at radius 3 is 2.73 bits per heavy atom. The van der Waals surface area contributed by atoms with Gasteiger partial charge in [0.1, 0.15) is 11.8 Å². The number of hydrogen-bond donors (Lipinski definition) is 1. The molecule has 112 valence electrons. The summed E-state index contributed by atoms with van der Waals surface area (Å²) >= 11 is 1.83. The quantitative estimate of drug-likeness (QED) is 0.924. The molecule has 2 aliphatic rings. The molecule has 0 aliphatic carbocycles. The summed E-state index contributed by atoms with van der Waals surface area (Å²) in [6.07, 6.45) is 1.82. The number of thioether (sulfide) groups is 1. The number of amidine groups is 1. The van der Waals surface area contributed by atoms with Crippen LogP contribution in [0.3, 0.4) is 0 Å². The summed E-state index contributed by atoms with van der Waals surface area (Å²) in [5.41, 5.74) is 2.16. The van der Waals surface area contributed by atoms with Crippen molar-refractivity contribution < 1.29 is 5.11 Å². The zero-order valence-corrected chi connectivity index (χ0v) is 13.1. The molecule has 0 saturated carbocycles.